The number of hydrogen-bond donors (Lipinski definition) is 2. The normalized spacial score (nSPS) is 10.5. The molecule has 3 aromatic rings. The molecule has 124 valence electrons. The summed E-state index contributed by atoms with van der Waals surface area (Å²) in [6.07, 6.45) is 0. The van der Waals surface area contributed by atoms with Crippen molar-refractivity contribution in [2.24, 2.45) is 0 Å². The van der Waals surface area contributed by atoms with E-state index in [1.807, 2.05) is 23.8 Å². The van der Waals surface area contributed by atoms with Gasteiger partial charge in [-0.2, -0.15) is 0 Å². The number of aryl methyl sites for hydroxylation is 1. The molecule has 0 aromatic carbocycles. The fourth-order valence-electron chi connectivity index (χ4n) is 1.58. The lowest BCUT2D eigenvalue weighted by atomic mass is 10.4. The highest BCUT2D eigenvalue weighted by Crippen LogP contribution is 2.26. The van der Waals surface area contributed by atoms with Gasteiger partial charge in [0.25, 0.3) is 5.91 Å². The van der Waals surface area contributed by atoms with Gasteiger partial charge in [0.1, 0.15) is 0 Å². The average molecular weight is 398 g/mol. The van der Waals surface area contributed by atoms with Crippen molar-refractivity contribution in [1.29, 1.82) is 0 Å². The van der Waals surface area contributed by atoms with Crippen LogP contribution < -0.4 is 10.6 Å². The van der Waals surface area contributed by atoms with Crippen molar-refractivity contribution in [2.75, 3.05) is 16.4 Å². The minimum atomic E-state index is -0.213. The van der Waals surface area contributed by atoms with Crippen molar-refractivity contribution in [3.05, 3.63) is 33.5 Å². The van der Waals surface area contributed by atoms with Crippen LogP contribution in [-0.2, 0) is 4.79 Å². The van der Waals surface area contributed by atoms with Gasteiger partial charge in [-0.15, -0.1) is 32.9 Å². The van der Waals surface area contributed by atoms with Crippen LogP contribution in [0, 0.1) is 6.92 Å². The second-order valence-electron chi connectivity index (χ2n) is 4.44. The minimum absolute atomic E-state index is 0.159. The number of thiophene rings is 1. The van der Waals surface area contributed by atoms with Crippen molar-refractivity contribution in [3.63, 3.8) is 0 Å². The number of thioether (sulfide) groups is 1. The molecule has 0 spiro atoms. The van der Waals surface area contributed by atoms with Crippen molar-refractivity contribution < 1.29 is 9.59 Å². The van der Waals surface area contributed by atoms with Crippen LogP contribution in [0.25, 0.3) is 0 Å². The number of carbonyl (C=O) groups excluding carboxylic acids is 2. The number of nitrogens with one attached hydrogen (secondary N) is 2. The van der Waals surface area contributed by atoms with E-state index in [0.717, 1.165) is 5.69 Å². The summed E-state index contributed by atoms with van der Waals surface area (Å²) in [4.78, 5) is 28.6. The van der Waals surface area contributed by atoms with Gasteiger partial charge in [-0.05, 0) is 18.4 Å². The Morgan fingerprint density at radius 2 is 2.08 bits per heavy atom. The van der Waals surface area contributed by atoms with E-state index in [1.165, 1.54) is 45.8 Å². The summed E-state index contributed by atoms with van der Waals surface area (Å²) >= 11 is 5.23. The number of anilines is 2. The third-order valence-electron chi connectivity index (χ3n) is 2.56. The first-order chi connectivity index (χ1) is 11.6. The number of amides is 2. The summed E-state index contributed by atoms with van der Waals surface area (Å²) in [5, 5.41) is 18.0. The highest BCUT2D eigenvalue weighted by molar-refractivity contribution is 8.01. The Bertz CT molecular complexity index is 842. The van der Waals surface area contributed by atoms with Gasteiger partial charge in [0.05, 0.1) is 16.3 Å². The molecule has 3 heterocycles. The van der Waals surface area contributed by atoms with Crippen molar-refractivity contribution in [3.8, 4) is 0 Å². The zero-order valence-electron chi connectivity index (χ0n) is 12.3. The molecular weight excluding hydrogens is 386 g/mol. The number of nitrogens with zero attached hydrogens (tertiary/aromatic N) is 3. The van der Waals surface area contributed by atoms with Crippen molar-refractivity contribution in [2.45, 2.75) is 11.3 Å². The Balaban J connectivity index is 1.49. The fraction of sp³-hybridized carbons (Fsp3) is 0.154. The molecular formula is C13H11N5O2S4. The smallest absolute Gasteiger partial charge is 0.267 e. The summed E-state index contributed by atoms with van der Waals surface area (Å²) in [5.41, 5.74) is 0.873. The lowest BCUT2D eigenvalue weighted by Crippen LogP contribution is -2.13. The van der Waals surface area contributed by atoms with Crippen LogP contribution in [-0.4, -0.2) is 32.7 Å². The second kappa shape index (κ2) is 7.83. The molecule has 3 rings (SSSR count). The number of thiazole rings is 1. The molecule has 2 amide bonds. The van der Waals surface area contributed by atoms with Gasteiger partial charge in [-0.25, -0.2) is 4.98 Å². The maximum Gasteiger partial charge on any atom is 0.267 e. The van der Waals surface area contributed by atoms with Gasteiger partial charge < -0.3 is 5.32 Å². The summed E-state index contributed by atoms with van der Waals surface area (Å²) in [7, 11) is 0. The topological polar surface area (TPSA) is 96.9 Å². The molecule has 0 bridgehead atoms. The molecule has 3 aromatic heterocycles. The summed E-state index contributed by atoms with van der Waals surface area (Å²) in [6, 6.07) is 3.55. The van der Waals surface area contributed by atoms with E-state index in [9.17, 15) is 9.59 Å². The van der Waals surface area contributed by atoms with Crippen LogP contribution in [0.4, 0.5) is 10.3 Å². The first kappa shape index (κ1) is 17.0. The van der Waals surface area contributed by atoms with E-state index < -0.39 is 0 Å². The molecule has 0 aliphatic rings. The molecule has 24 heavy (non-hydrogen) atoms. The monoisotopic (exact) mass is 397 g/mol. The summed E-state index contributed by atoms with van der Waals surface area (Å²) in [6.45, 7) is 1.87. The molecule has 0 unspecified atom stereocenters. The highest BCUT2D eigenvalue weighted by atomic mass is 32.2. The first-order valence-corrected chi connectivity index (χ1v) is 10.2. The zero-order chi connectivity index (χ0) is 16.9. The molecule has 0 saturated heterocycles. The Kier molecular flexibility index (Phi) is 5.56. The molecule has 11 heteroatoms. The molecule has 0 atom stereocenters. The van der Waals surface area contributed by atoms with E-state index in [1.54, 1.807) is 6.07 Å². The maximum absolute atomic E-state index is 11.9. The van der Waals surface area contributed by atoms with Gasteiger partial charge >= 0.3 is 0 Å². The van der Waals surface area contributed by atoms with Gasteiger partial charge in [-0.1, -0.05) is 29.2 Å². The van der Waals surface area contributed by atoms with Crippen molar-refractivity contribution >= 4 is 67.8 Å². The van der Waals surface area contributed by atoms with E-state index in [2.05, 4.69) is 25.8 Å². The number of carbonyl (C=O) groups is 2. The lowest BCUT2D eigenvalue weighted by Gasteiger charge is -1.99. The lowest BCUT2D eigenvalue weighted by molar-refractivity contribution is -0.113. The molecule has 7 nitrogen and oxygen atoms in total. The molecule has 0 aliphatic carbocycles. The van der Waals surface area contributed by atoms with Crippen LogP contribution >= 0.6 is 45.8 Å². The highest BCUT2D eigenvalue weighted by Gasteiger charge is 2.13. The number of aromatic nitrogens is 3. The molecule has 0 saturated carbocycles. The molecule has 0 aliphatic heterocycles. The number of hydrogen-bond acceptors (Lipinski definition) is 9. The maximum atomic E-state index is 11.9. The van der Waals surface area contributed by atoms with Crippen LogP contribution in [0.15, 0.2) is 27.2 Å². The first-order valence-electron chi connectivity index (χ1n) is 6.63. The fourth-order valence-corrected chi connectivity index (χ4v) is 4.45. The van der Waals surface area contributed by atoms with Crippen LogP contribution in [0.1, 0.15) is 15.4 Å². The quantitative estimate of drug-likeness (QED) is 0.489. The minimum Gasteiger partial charge on any atom is -0.301 e. The van der Waals surface area contributed by atoms with E-state index in [0.29, 0.717) is 19.5 Å². The summed E-state index contributed by atoms with van der Waals surface area (Å²) in [5.74, 6) is -0.171. The second-order valence-corrected chi connectivity index (χ2v) is 8.44. The zero-order valence-corrected chi connectivity index (χ0v) is 15.6. The van der Waals surface area contributed by atoms with Crippen molar-refractivity contribution in [1.82, 2.24) is 15.2 Å². The van der Waals surface area contributed by atoms with E-state index >= 15 is 0 Å². The third-order valence-corrected chi connectivity index (χ3v) is 6.28. The predicted octanol–water partition coefficient (Wildman–Crippen LogP) is 3.35. The standard InChI is InChI=1S/C13H11N5O2S4/c1-7-5-22-11(14-7)15-9(19)6-23-13-18-17-12(24-13)16-10(20)8-3-2-4-21-8/h2-5H,6H2,1H3,(H,14,15,19)(H,16,17,20). The van der Waals surface area contributed by atoms with Crippen LogP contribution in [0.2, 0.25) is 0 Å². The summed E-state index contributed by atoms with van der Waals surface area (Å²) < 4.78 is 0.613. The largest absolute Gasteiger partial charge is 0.301 e. The number of rotatable bonds is 6. The third kappa shape index (κ3) is 4.60. The average Bonchev–Trinajstić information content (AvgIpc) is 3.27. The predicted molar refractivity (Wildman–Crippen MR) is 98.4 cm³/mol. The Labute approximate surface area is 153 Å². The Morgan fingerprint density at radius 1 is 1.21 bits per heavy atom. The molecule has 0 radical (unpaired) electrons. The van der Waals surface area contributed by atoms with Gasteiger partial charge in [0, 0.05) is 5.38 Å². The van der Waals surface area contributed by atoms with E-state index in [-0.39, 0.29) is 17.6 Å². The van der Waals surface area contributed by atoms with E-state index in [4.69, 9.17) is 0 Å². The Morgan fingerprint density at radius 3 is 2.79 bits per heavy atom. The van der Waals surface area contributed by atoms with Crippen LogP contribution in [0.5, 0.6) is 0 Å². The molecule has 0 fully saturated rings. The van der Waals surface area contributed by atoms with Gasteiger partial charge in [-0.3, -0.25) is 14.9 Å². The Hall–Kier alpha value is -1.82. The van der Waals surface area contributed by atoms with Crippen LogP contribution in [0.3, 0.4) is 0 Å². The van der Waals surface area contributed by atoms with Gasteiger partial charge in [0.2, 0.25) is 11.0 Å². The SMILES string of the molecule is Cc1csc(NC(=O)CSc2nnc(NC(=O)c3cccs3)s2)n1. The van der Waals surface area contributed by atoms with Gasteiger partial charge in [0.15, 0.2) is 9.47 Å². The molecule has 2 N–H and O–H groups in total.